The maximum absolute atomic E-state index is 13.2. The number of hydrogen-bond acceptors (Lipinski definition) is 5. The first-order valence-corrected chi connectivity index (χ1v) is 10.9. The van der Waals surface area contributed by atoms with Gasteiger partial charge < -0.3 is 25.5 Å². The van der Waals surface area contributed by atoms with Crippen LogP contribution in [0.1, 0.15) is 44.9 Å². The molecule has 0 bridgehead atoms. The largest absolute Gasteiger partial charge is 0.393 e. The zero-order valence-electron chi connectivity index (χ0n) is 17.0. The van der Waals surface area contributed by atoms with Crippen LogP contribution in [0.3, 0.4) is 0 Å². The van der Waals surface area contributed by atoms with E-state index in [9.17, 15) is 9.90 Å². The summed E-state index contributed by atoms with van der Waals surface area (Å²) in [4.78, 5) is 17.6. The molecule has 1 atom stereocenters. The van der Waals surface area contributed by atoms with Crippen molar-refractivity contribution in [3.05, 3.63) is 60.4 Å². The van der Waals surface area contributed by atoms with Crippen molar-refractivity contribution < 1.29 is 9.90 Å². The van der Waals surface area contributed by atoms with Gasteiger partial charge in [-0.2, -0.15) is 0 Å². The molecule has 0 aromatic rings. The Morgan fingerprint density at radius 1 is 1.21 bits per heavy atom. The summed E-state index contributed by atoms with van der Waals surface area (Å²) in [5.74, 6) is -0.0701. The average Bonchev–Trinajstić information content (AvgIpc) is 3.19. The van der Waals surface area contributed by atoms with Crippen LogP contribution in [0.2, 0.25) is 0 Å². The van der Waals surface area contributed by atoms with Crippen molar-refractivity contribution in [2.75, 3.05) is 13.1 Å². The molecule has 0 unspecified atom stereocenters. The molecular formula is C23H32N4O2. The Morgan fingerprint density at radius 2 is 2.00 bits per heavy atom. The molecule has 1 saturated heterocycles. The SMILES string of the molecule is C=C[C@H]1CCCN1C1=CN2/C(C(=O)NC3CCC(O)CC3)=C\NCC/C=C/2C=C1. The van der Waals surface area contributed by atoms with Gasteiger partial charge in [-0.3, -0.25) is 4.79 Å². The molecule has 3 aliphatic heterocycles. The van der Waals surface area contributed by atoms with Gasteiger partial charge >= 0.3 is 0 Å². The van der Waals surface area contributed by atoms with Crippen LogP contribution >= 0.6 is 0 Å². The molecule has 3 N–H and O–H groups in total. The van der Waals surface area contributed by atoms with Gasteiger partial charge in [0.15, 0.2) is 0 Å². The fourth-order valence-corrected chi connectivity index (χ4v) is 4.60. The van der Waals surface area contributed by atoms with E-state index in [1.807, 2.05) is 17.2 Å². The van der Waals surface area contributed by atoms with Crippen molar-refractivity contribution in [1.82, 2.24) is 20.4 Å². The summed E-state index contributed by atoms with van der Waals surface area (Å²) < 4.78 is 0. The van der Waals surface area contributed by atoms with Crippen LogP contribution in [0.25, 0.3) is 0 Å². The molecule has 156 valence electrons. The van der Waals surface area contributed by atoms with Crippen LogP contribution in [-0.2, 0) is 4.79 Å². The maximum atomic E-state index is 13.2. The van der Waals surface area contributed by atoms with E-state index in [0.29, 0.717) is 11.7 Å². The number of aliphatic hydroxyl groups excluding tert-OH is 1. The minimum absolute atomic E-state index is 0.0701. The van der Waals surface area contributed by atoms with Crippen molar-refractivity contribution in [2.24, 2.45) is 0 Å². The van der Waals surface area contributed by atoms with E-state index < -0.39 is 0 Å². The lowest BCUT2D eigenvalue weighted by Crippen LogP contribution is -2.43. The summed E-state index contributed by atoms with van der Waals surface area (Å²) in [5.41, 5.74) is 2.76. The monoisotopic (exact) mass is 396 g/mol. The molecular weight excluding hydrogens is 364 g/mol. The fourth-order valence-electron chi connectivity index (χ4n) is 4.60. The van der Waals surface area contributed by atoms with Crippen molar-refractivity contribution in [3.63, 3.8) is 0 Å². The van der Waals surface area contributed by atoms with Crippen molar-refractivity contribution in [2.45, 2.75) is 63.1 Å². The Morgan fingerprint density at radius 3 is 2.79 bits per heavy atom. The second kappa shape index (κ2) is 8.91. The van der Waals surface area contributed by atoms with Crippen molar-refractivity contribution in [1.29, 1.82) is 0 Å². The molecule has 6 heteroatoms. The van der Waals surface area contributed by atoms with E-state index in [-0.39, 0.29) is 18.1 Å². The number of rotatable bonds is 4. The topological polar surface area (TPSA) is 67.8 Å². The van der Waals surface area contributed by atoms with E-state index in [0.717, 1.165) is 69.4 Å². The lowest BCUT2D eigenvalue weighted by Gasteiger charge is -2.34. The Hall–Kier alpha value is -2.47. The normalized spacial score (nSPS) is 33.1. The quantitative estimate of drug-likeness (QED) is 0.637. The van der Waals surface area contributed by atoms with Gasteiger partial charge in [0.2, 0.25) is 0 Å². The van der Waals surface area contributed by atoms with Gasteiger partial charge in [0.1, 0.15) is 5.70 Å². The molecule has 1 saturated carbocycles. The predicted octanol–water partition coefficient (Wildman–Crippen LogP) is 2.49. The summed E-state index contributed by atoms with van der Waals surface area (Å²) in [6, 6.07) is 0.469. The maximum Gasteiger partial charge on any atom is 0.269 e. The Kier molecular flexibility index (Phi) is 6.09. The summed E-state index contributed by atoms with van der Waals surface area (Å²) >= 11 is 0. The highest BCUT2D eigenvalue weighted by Crippen LogP contribution is 2.30. The van der Waals surface area contributed by atoms with E-state index in [2.05, 4.69) is 46.5 Å². The molecule has 1 amide bonds. The molecule has 0 spiro atoms. The molecule has 29 heavy (non-hydrogen) atoms. The van der Waals surface area contributed by atoms with Gasteiger partial charge in [-0.25, -0.2) is 0 Å². The molecule has 6 nitrogen and oxygen atoms in total. The van der Waals surface area contributed by atoms with Gasteiger partial charge in [-0.1, -0.05) is 12.2 Å². The number of allylic oxidation sites excluding steroid dienone is 2. The summed E-state index contributed by atoms with van der Waals surface area (Å²) in [6.07, 6.45) is 18.5. The van der Waals surface area contributed by atoms with E-state index >= 15 is 0 Å². The van der Waals surface area contributed by atoms with Crippen molar-refractivity contribution >= 4 is 5.91 Å². The van der Waals surface area contributed by atoms with Crippen LogP contribution in [0, 0.1) is 0 Å². The van der Waals surface area contributed by atoms with Crippen LogP contribution in [0.15, 0.2) is 60.4 Å². The van der Waals surface area contributed by atoms with Crippen LogP contribution in [0.5, 0.6) is 0 Å². The van der Waals surface area contributed by atoms with Crippen LogP contribution < -0.4 is 10.6 Å². The zero-order chi connectivity index (χ0) is 20.2. The van der Waals surface area contributed by atoms with Crippen LogP contribution in [-0.4, -0.2) is 52.1 Å². The number of hydrogen-bond donors (Lipinski definition) is 3. The highest BCUT2D eigenvalue weighted by molar-refractivity contribution is 5.93. The first-order chi connectivity index (χ1) is 14.2. The number of carbonyl (C=O) groups is 1. The highest BCUT2D eigenvalue weighted by Gasteiger charge is 2.29. The molecule has 4 aliphatic rings. The molecule has 0 radical (unpaired) electrons. The number of amides is 1. The molecule has 3 heterocycles. The van der Waals surface area contributed by atoms with Crippen LogP contribution in [0.4, 0.5) is 0 Å². The third-order valence-corrected chi connectivity index (χ3v) is 6.27. The Bertz CT molecular complexity index is 759. The van der Waals surface area contributed by atoms with Gasteiger partial charge in [0.05, 0.1) is 11.8 Å². The van der Waals surface area contributed by atoms with Crippen molar-refractivity contribution in [3.8, 4) is 0 Å². The predicted molar refractivity (Wildman–Crippen MR) is 114 cm³/mol. The van der Waals surface area contributed by atoms with Gasteiger partial charge in [-0.15, -0.1) is 6.58 Å². The number of carbonyl (C=O) groups excluding carboxylic acids is 1. The number of nitrogens with one attached hydrogen (secondary N) is 2. The Balaban J connectivity index is 1.55. The number of aliphatic hydroxyl groups is 1. The standard InChI is InChI=1S/C23H32N4O2/c1-2-18-6-4-14-26(18)20-10-9-19-5-3-13-24-15-22(27(19)16-20)23(29)25-17-7-11-21(28)12-8-17/h2,5,9-10,15-18,21,24,28H,1,3-4,6-8,11-14H2,(H,25,29)/b19-5+,22-15-/t17?,18-,21?/m0/s1. The second-order valence-electron chi connectivity index (χ2n) is 8.28. The zero-order valence-corrected chi connectivity index (χ0v) is 17.0. The van der Waals surface area contributed by atoms with Gasteiger partial charge in [-0.05, 0) is 57.1 Å². The van der Waals surface area contributed by atoms with Gasteiger partial charge in [0, 0.05) is 43.3 Å². The number of likely N-dealkylation sites (tertiary alicyclic amines) is 1. The molecule has 4 rings (SSSR count). The van der Waals surface area contributed by atoms with Gasteiger partial charge in [0.25, 0.3) is 5.91 Å². The van der Waals surface area contributed by atoms with E-state index in [1.165, 1.54) is 0 Å². The third kappa shape index (κ3) is 4.42. The minimum Gasteiger partial charge on any atom is -0.393 e. The lowest BCUT2D eigenvalue weighted by atomic mass is 9.93. The molecule has 0 aromatic heterocycles. The van der Waals surface area contributed by atoms with E-state index in [1.54, 1.807) is 0 Å². The molecule has 1 aliphatic carbocycles. The first kappa shape index (κ1) is 19.8. The second-order valence-corrected chi connectivity index (χ2v) is 8.28. The summed E-state index contributed by atoms with van der Waals surface area (Å²) in [5, 5.41) is 16.2. The smallest absolute Gasteiger partial charge is 0.269 e. The average molecular weight is 397 g/mol. The molecule has 2 fully saturated rings. The fraction of sp³-hybridized carbons (Fsp3) is 0.522. The highest BCUT2D eigenvalue weighted by atomic mass is 16.3. The molecule has 0 aromatic carbocycles. The van der Waals surface area contributed by atoms with E-state index in [4.69, 9.17) is 0 Å². The first-order valence-electron chi connectivity index (χ1n) is 10.9. The number of fused-ring (bicyclic) bond motifs is 1. The Labute approximate surface area is 173 Å². The summed E-state index contributed by atoms with van der Waals surface area (Å²) in [7, 11) is 0. The third-order valence-electron chi connectivity index (χ3n) is 6.27. The lowest BCUT2D eigenvalue weighted by molar-refractivity contribution is -0.119. The minimum atomic E-state index is -0.226. The number of nitrogens with zero attached hydrogens (tertiary/aromatic N) is 2. The summed E-state index contributed by atoms with van der Waals surface area (Å²) in [6.45, 7) is 5.80.